The predicted octanol–water partition coefficient (Wildman–Crippen LogP) is 2.35. The second kappa shape index (κ2) is 10.6. The molecule has 1 saturated heterocycles. The molecule has 1 aromatic carbocycles. The first-order chi connectivity index (χ1) is 16.5. The Morgan fingerprint density at radius 3 is 2.68 bits per heavy atom. The van der Waals surface area contributed by atoms with Gasteiger partial charge in [-0.15, -0.1) is 0 Å². The highest BCUT2D eigenvalue weighted by molar-refractivity contribution is 5.76. The fraction of sp³-hybridized carbons (Fsp3) is 0.440. The Morgan fingerprint density at radius 1 is 1.26 bits per heavy atom. The molecule has 0 aliphatic carbocycles. The molecule has 1 amide bonds. The molecule has 0 spiro atoms. The second-order valence-corrected chi connectivity index (χ2v) is 8.41. The highest BCUT2D eigenvalue weighted by Gasteiger charge is 2.23. The smallest absolute Gasteiger partial charge is 0.220 e. The second-order valence-electron chi connectivity index (χ2n) is 8.41. The van der Waals surface area contributed by atoms with Crippen LogP contribution in [0.3, 0.4) is 0 Å². The van der Waals surface area contributed by atoms with E-state index in [2.05, 4.69) is 38.5 Å². The Bertz CT molecular complexity index is 1190. The standard InChI is InChI=1S/C25H30N6O3/c1-17-22(18(2)31-25(29-17)20(14-26)15-28-31)8-9-24(32)27-16-23(30-10-12-34-13-11-30)19-4-6-21(33-3)7-5-19/h4-7,15,23H,8-13,16H2,1-3H3,(H,27,32). The number of carbonyl (C=O) groups excluding carboxylic acids is 1. The number of hydrogen-bond acceptors (Lipinski definition) is 7. The molecule has 3 heterocycles. The summed E-state index contributed by atoms with van der Waals surface area (Å²) in [6, 6.07) is 10.2. The number of amides is 1. The van der Waals surface area contributed by atoms with Crippen molar-refractivity contribution in [2.75, 3.05) is 40.0 Å². The van der Waals surface area contributed by atoms with Gasteiger partial charge < -0.3 is 14.8 Å². The molecule has 0 saturated carbocycles. The lowest BCUT2D eigenvalue weighted by Crippen LogP contribution is -2.43. The Kier molecular flexibility index (Phi) is 7.40. The zero-order valence-electron chi connectivity index (χ0n) is 19.9. The van der Waals surface area contributed by atoms with E-state index in [1.54, 1.807) is 11.6 Å². The van der Waals surface area contributed by atoms with Gasteiger partial charge in [0.15, 0.2) is 5.65 Å². The molecule has 3 aromatic rings. The van der Waals surface area contributed by atoms with Gasteiger partial charge in [-0.3, -0.25) is 9.69 Å². The van der Waals surface area contributed by atoms with Crippen molar-refractivity contribution in [1.29, 1.82) is 5.26 Å². The van der Waals surface area contributed by atoms with Crippen molar-refractivity contribution < 1.29 is 14.3 Å². The molecule has 1 N–H and O–H groups in total. The van der Waals surface area contributed by atoms with Crippen molar-refractivity contribution in [2.24, 2.45) is 0 Å². The van der Waals surface area contributed by atoms with Crippen LogP contribution in [-0.2, 0) is 16.0 Å². The summed E-state index contributed by atoms with van der Waals surface area (Å²) in [6.07, 6.45) is 2.43. The maximum absolute atomic E-state index is 12.8. The summed E-state index contributed by atoms with van der Waals surface area (Å²) in [5.74, 6) is 0.799. The Balaban J connectivity index is 1.42. The van der Waals surface area contributed by atoms with Gasteiger partial charge in [0.2, 0.25) is 5.91 Å². The number of morpholine rings is 1. The summed E-state index contributed by atoms with van der Waals surface area (Å²) < 4.78 is 12.5. The topological polar surface area (TPSA) is 105 Å². The van der Waals surface area contributed by atoms with Crippen molar-refractivity contribution in [1.82, 2.24) is 24.8 Å². The van der Waals surface area contributed by atoms with Gasteiger partial charge in [0.1, 0.15) is 17.4 Å². The van der Waals surface area contributed by atoms with Crippen molar-refractivity contribution in [3.05, 3.63) is 58.5 Å². The molecule has 0 radical (unpaired) electrons. The third-order valence-corrected chi connectivity index (χ3v) is 6.41. The summed E-state index contributed by atoms with van der Waals surface area (Å²) >= 11 is 0. The van der Waals surface area contributed by atoms with E-state index in [1.165, 1.54) is 6.20 Å². The number of hydrogen-bond donors (Lipinski definition) is 1. The van der Waals surface area contributed by atoms with E-state index in [9.17, 15) is 10.1 Å². The number of rotatable bonds is 8. The number of fused-ring (bicyclic) bond motifs is 1. The van der Waals surface area contributed by atoms with Gasteiger partial charge in [-0.2, -0.15) is 10.4 Å². The van der Waals surface area contributed by atoms with Crippen LogP contribution in [0.2, 0.25) is 0 Å². The van der Waals surface area contributed by atoms with E-state index in [-0.39, 0.29) is 11.9 Å². The minimum Gasteiger partial charge on any atom is -0.497 e. The van der Waals surface area contributed by atoms with Crippen LogP contribution in [0.25, 0.3) is 5.65 Å². The van der Waals surface area contributed by atoms with E-state index in [4.69, 9.17) is 9.47 Å². The van der Waals surface area contributed by atoms with Gasteiger partial charge in [-0.1, -0.05) is 12.1 Å². The molecule has 1 unspecified atom stereocenters. The maximum atomic E-state index is 12.8. The van der Waals surface area contributed by atoms with Crippen LogP contribution >= 0.6 is 0 Å². The SMILES string of the molecule is COc1ccc(C(CNC(=O)CCc2c(C)nc3c(C#N)cnn3c2C)N2CCOCC2)cc1. The quantitative estimate of drug-likeness (QED) is 0.548. The van der Waals surface area contributed by atoms with Crippen LogP contribution in [-0.4, -0.2) is 65.4 Å². The summed E-state index contributed by atoms with van der Waals surface area (Å²) in [7, 11) is 1.65. The van der Waals surface area contributed by atoms with Crippen LogP contribution in [0.5, 0.6) is 5.75 Å². The molecule has 1 fully saturated rings. The van der Waals surface area contributed by atoms with E-state index >= 15 is 0 Å². The molecule has 2 aromatic heterocycles. The van der Waals surface area contributed by atoms with Gasteiger partial charge in [-0.25, -0.2) is 9.50 Å². The zero-order chi connectivity index (χ0) is 24.1. The molecule has 9 heteroatoms. The highest BCUT2D eigenvalue weighted by atomic mass is 16.5. The molecular formula is C25H30N6O3. The molecule has 1 aliphatic rings. The third-order valence-electron chi connectivity index (χ3n) is 6.41. The first kappa shape index (κ1) is 23.7. The lowest BCUT2D eigenvalue weighted by Gasteiger charge is -2.35. The van der Waals surface area contributed by atoms with Gasteiger partial charge in [0.05, 0.1) is 32.6 Å². The number of nitrogens with one attached hydrogen (secondary N) is 1. The Morgan fingerprint density at radius 2 is 2.00 bits per heavy atom. The average Bonchev–Trinajstić information content (AvgIpc) is 3.28. The average molecular weight is 463 g/mol. The van der Waals surface area contributed by atoms with Gasteiger partial charge in [0, 0.05) is 37.4 Å². The zero-order valence-corrected chi connectivity index (χ0v) is 19.9. The fourth-order valence-corrected chi connectivity index (χ4v) is 4.46. The van der Waals surface area contributed by atoms with Crippen LogP contribution < -0.4 is 10.1 Å². The van der Waals surface area contributed by atoms with Gasteiger partial charge in [0.25, 0.3) is 0 Å². The Labute approximate surface area is 199 Å². The number of aryl methyl sites for hydroxylation is 2. The summed E-state index contributed by atoms with van der Waals surface area (Å²) in [4.78, 5) is 19.7. The van der Waals surface area contributed by atoms with E-state index in [0.717, 1.165) is 41.4 Å². The lowest BCUT2D eigenvalue weighted by molar-refractivity contribution is -0.121. The van der Waals surface area contributed by atoms with E-state index in [1.807, 2.05) is 26.0 Å². The minimum absolute atomic E-state index is 0.0103. The van der Waals surface area contributed by atoms with Gasteiger partial charge in [-0.05, 0) is 43.5 Å². The molecule has 4 rings (SSSR count). The first-order valence-corrected chi connectivity index (χ1v) is 11.5. The molecule has 9 nitrogen and oxygen atoms in total. The normalized spacial score (nSPS) is 15.1. The van der Waals surface area contributed by atoms with Crippen molar-refractivity contribution in [3.63, 3.8) is 0 Å². The number of nitrogens with zero attached hydrogens (tertiary/aromatic N) is 5. The molecular weight excluding hydrogens is 432 g/mol. The van der Waals surface area contributed by atoms with Crippen LogP contribution in [0, 0.1) is 25.2 Å². The number of methoxy groups -OCH3 is 1. The van der Waals surface area contributed by atoms with Crippen molar-refractivity contribution in [2.45, 2.75) is 32.7 Å². The van der Waals surface area contributed by atoms with Crippen molar-refractivity contribution in [3.8, 4) is 11.8 Å². The molecule has 1 aliphatic heterocycles. The van der Waals surface area contributed by atoms with E-state index < -0.39 is 0 Å². The summed E-state index contributed by atoms with van der Waals surface area (Å²) in [5, 5.41) is 16.7. The van der Waals surface area contributed by atoms with Crippen LogP contribution in [0.1, 0.15) is 40.5 Å². The lowest BCUT2D eigenvalue weighted by atomic mass is 10.0. The van der Waals surface area contributed by atoms with Gasteiger partial charge >= 0.3 is 0 Å². The summed E-state index contributed by atoms with van der Waals surface area (Å²) in [6.45, 7) is 7.40. The molecule has 178 valence electrons. The van der Waals surface area contributed by atoms with Crippen molar-refractivity contribution >= 4 is 11.6 Å². The number of nitriles is 1. The number of carbonyl (C=O) groups is 1. The molecule has 0 bridgehead atoms. The predicted molar refractivity (Wildman–Crippen MR) is 127 cm³/mol. The number of aromatic nitrogens is 3. The highest BCUT2D eigenvalue weighted by Crippen LogP contribution is 2.24. The molecule has 34 heavy (non-hydrogen) atoms. The molecule has 1 atom stereocenters. The third kappa shape index (κ3) is 5.03. The number of ether oxygens (including phenoxy) is 2. The summed E-state index contributed by atoms with van der Waals surface area (Å²) in [5.41, 5.74) is 4.84. The monoisotopic (exact) mass is 462 g/mol. The minimum atomic E-state index is -0.0103. The number of benzene rings is 1. The Hall–Kier alpha value is -3.48. The maximum Gasteiger partial charge on any atom is 0.220 e. The largest absolute Gasteiger partial charge is 0.497 e. The fourth-order valence-electron chi connectivity index (χ4n) is 4.46. The van der Waals surface area contributed by atoms with Crippen LogP contribution in [0.4, 0.5) is 0 Å². The van der Waals surface area contributed by atoms with Crippen LogP contribution in [0.15, 0.2) is 30.5 Å². The van der Waals surface area contributed by atoms with E-state index in [0.29, 0.717) is 43.8 Å². The first-order valence-electron chi connectivity index (χ1n) is 11.5.